The van der Waals surface area contributed by atoms with E-state index in [1.807, 2.05) is 14.1 Å². The van der Waals surface area contributed by atoms with E-state index in [-0.39, 0.29) is 5.46 Å². The lowest BCUT2D eigenvalue weighted by Crippen LogP contribution is -2.34. The van der Waals surface area contributed by atoms with Crippen molar-refractivity contribution < 1.29 is 14.4 Å². The largest absolute Gasteiger partial charge is 0.488 e. The quantitative estimate of drug-likeness (QED) is 0.672. The van der Waals surface area contributed by atoms with Crippen LogP contribution in [-0.2, 0) is 6.54 Å². The Morgan fingerprint density at radius 3 is 2.35 bits per heavy atom. The van der Waals surface area contributed by atoms with Crippen molar-refractivity contribution in [1.82, 2.24) is 9.80 Å². The smallest absolute Gasteiger partial charge is 0.423 e. The molecule has 2 N–H and O–H groups in total. The number of hydrogen-bond acceptors (Lipinski definition) is 4. The number of likely N-dealkylation sites (N-methyl/N-ethyl adjacent to an activating group) is 1. The van der Waals surface area contributed by atoms with Crippen LogP contribution in [0.15, 0.2) is 18.2 Å². The molecule has 0 unspecified atom stereocenters. The molecule has 6 heteroatoms. The Hall–Kier alpha value is -0.945. The second-order valence-electron chi connectivity index (χ2n) is 5.35. The Kier molecular flexibility index (Phi) is 7.16. The van der Waals surface area contributed by atoms with Gasteiger partial charge < -0.3 is 14.9 Å². The highest BCUT2D eigenvalue weighted by Gasteiger charge is 2.14. The van der Waals surface area contributed by atoms with Gasteiger partial charge in [0.2, 0.25) is 0 Å². The molecule has 0 aliphatic carbocycles. The summed E-state index contributed by atoms with van der Waals surface area (Å²) in [5.74, 6) is -0.436. The summed E-state index contributed by atoms with van der Waals surface area (Å²) in [7, 11) is 2.41. The highest BCUT2D eigenvalue weighted by Crippen LogP contribution is 2.07. The minimum absolute atomic E-state index is 0.198. The highest BCUT2D eigenvalue weighted by atomic mass is 19.1. The molecule has 0 saturated carbocycles. The number of hydrogen-bond donors (Lipinski definition) is 2. The zero-order valence-electron chi connectivity index (χ0n) is 12.5. The number of nitrogens with zero attached hydrogens (tertiary/aromatic N) is 2. The van der Waals surface area contributed by atoms with E-state index >= 15 is 0 Å². The predicted molar refractivity (Wildman–Crippen MR) is 80.3 cm³/mol. The molecular formula is C14H24BFN2O2. The van der Waals surface area contributed by atoms with Gasteiger partial charge in [0.25, 0.3) is 0 Å². The molecule has 0 bridgehead atoms. The van der Waals surface area contributed by atoms with E-state index in [2.05, 4.69) is 16.7 Å². The van der Waals surface area contributed by atoms with Crippen molar-refractivity contribution in [2.24, 2.45) is 0 Å². The van der Waals surface area contributed by atoms with Gasteiger partial charge in [0.15, 0.2) is 0 Å². The number of benzene rings is 1. The van der Waals surface area contributed by atoms with Crippen LogP contribution >= 0.6 is 0 Å². The normalized spacial score (nSPS) is 11.4. The number of halogens is 1. The molecule has 0 aliphatic heterocycles. The molecule has 1 aromatic rings. The van der Waals surface area contributed by atoms with Crippen molar-refractivity contribution in [2.75, 3.05) is 33.7 Å². The molecule has 1 aromatic carbocycles. The Labute approximate surface area is 121 Å². The van der Waals surface area contributed by atoms with Gasteiger partial charge in [-0.25, -0.2) is 4.39 Å². The van der Waals surface area contributed by atoms with Crippen LogP contribution in [0, 0.1) is 5.82 Å². The van der Waals surface area contributed by atoms with Gasteiger partial charge in [0.05, 0.1) is 0 Å². The maximum atomic E-state index is 13.5. The minimum atomic E-state index is -1.63. The van der Waals surface area contributed by atoms with Crippen molar-refractivity contribution in [3.63, 3.8) is 0 Å². The SMILES string of the molecule is CCCN(CCN(C)C)Cc1cc(F)cc(B(O)O)c1. The molecule has 0 amide bonds. The predicted octanol–water partition coefficient (Wildman–Crippen LogP) is 0.279. The second-order valence-corrected chi connectivity index (χ2v) is 5.35. The minimum Gasteiger partial charge on any atom is -0.423 e. The molecule has 20 heavy (non-hydrogen) atoms. The summed E-state index contributed by atoms with van der Waals surface area (Å²) >= 11 is 0. The summed E-state index contributed by atoms with van der Waals surface area (Å²) in [5.41, 5.74) is 0.962. The van der Waals surface area contributed by atoms with E-state index in [1.54, 1.807) is 6.07 Å². The molecule has 4 nitrogen and oxygen atoms in total. The van der Waals surface area contributed by atoms with Gasteiger partial charge in [-0.05, 0) is 50.2 Å². The third kappa shape index (κ3) is 6.01. The fraction of sp³-hybridized carbons (Fsp3) is 0.571. The molecular weight excluding hydrogens is 258 g/mol. The van der Waals surface area contributed by atoms with Gasteiger partial charge >= 0.3 is 7.12 Å². The van der Waals surface area contributed by atoms with Crippen molar-refractivity contribution in [3.05, 3.63) is 29.6 Å². The fourth-order valence-corrected chi connectivity index (χ4v) is 2.10. The first-order chi connectivity index (χ1) is 9.42. The van der Waals surface area contributed by atoms with Gasteiger partial charge in [-0.1, -0.05) is 13.0 Å². The first-order valence-corrected chi connectivity index (χ1v) is 6.95. The summed E-state index contributed by atoms with van der Waals surface area (Å²) in [6.45, 7) is 5.48. The Balaban J connectivity index is 2.76. The van der Waals surface area contributed by atoms with E-state index in [0.717, 1.165) is 37.7 Å². The van der Waals surface area contributed by atoms with Crippen LogP contribution in [0.25, 0.3) is 0 Å². The third-order valence-electron chi connectivity index (χ3n) is 3.09. The Morgan fingerprint density at radius 1 is 1.10 bits per heavy atom. The van der Waals surface area contributed by atoms with Crippen molar-refractivity contribution >= 4 is 12.6 Å². The van der Waals surface area contributed by atoms with E-state index in [9.17, 15) is 4.39 Å². The summed E-state index contributed by atoms with van der Waals surface area (Å²) < 4.78 is 13.5. The lowest BCUT2D eigenvalue weighted by Gasteiger charge is -2.24. The average Bonchev–Trinajstić information content (AvgIpc) is 2.35. The molecule has 0 aromatic heterocycles. The lowest BCUT2D eigenvalue weighted by molar-refractivity contribution is 0.234. The third-order valence-corrected chi connectivity index (χ3v) is 3.09. The Morgan fingerprint density at radius 2 is 1.80 bits per heavy atom. The summed E-state index contributed by atoms with van der Waals surface area (Å²) in [6.07, 6.45) is 1.03. The molecule has 0 aliphatic rings. The first-order valence-electron chi connectivity index (χ1n) is 6.95. The summed E-state index contributed by atoms with van der Waals surface area (Å²) in [5, 5.41) is 18.3. The van der Waals surface area contributed by atoms with Crippen LogP contribution < -0.4 is 5.46 Å². The van der Waals surface area contributed by atoms with Gasteiger partial charge in [0, 0.05) is 19.6 Å². The van der Waals surface area contributed by atoms with Gasteiger partial charge in [-0.15, -0.1) is 0 Å². The van der Waals surface area contributed by atoms with E-state index in [1.165, 1.54) is 6.07 Å². The zero-order chi connectivity index (χ0) is 15.1. The average molecular weight is 282 g/mol. The molecule has 0 heterocycles. The summed E-state index contributed by atoms with van der Waals surface area (Å²) in [4.78, 5) is 4.35. The van der Waals surface area contributed by atoms with E-state index in [4.69, 9.17) is 10.0 Å². The maximum Gasteiger partial charge on any atom is 0.488 e. The van der Waals surface area contributed by atoms with Gasteiger partial charge in [-0.2, -0.15) is 0 Å². The first kappa shape index (κ1) is 17.1. The topological polar surface area (TPSA) is 46.9 Å². The molecule has 0 saturated heterocycles. The molecule has 1 rings (SSSR count). The van der Waals surface area contributed by atoms with E-state index < -0.39 is 12.9 Å². The van der Waals surface area contributed by atoms with Crippen LogP contribution in [-0.4, -0.2) is 60.7 Å². The van der Waals surface area contributed by atoms with Crippen molar-refractivity contribution in [3.8, 4) is 0 Å². The van der Waals surface area contributed by atoms with Crippen LogP contribution in [0.4, 0.5) is 4.39 Å². The van der Waals surface area contributed by atoms with Crippen molar-refractivity contribution in [2.45, 2.75) is 19.9 Å². The summed E-state index contributed by atoms with van der Waals surface area (Å²) in [6, 6.07) is 4.24. The highest BCUT2D eigenvalue weighted by molar-refractivity contribution is 6.58. The van der Waals surface area contributed by atoms with Crippen LogP contribution in [0.3, 0.4) is 0 Å². The van der Waals surface area contributed by atoms with Crippen molar-refractivity contribution in [1.29, 1.82) is 0 Å². The van der Waals surface area contributed by atoms with Gasteiger partial charge in [-0.3, -0.25) is 4.90 Å². The lowest BCUT2D eigenvalue weighted by atomic mass is 9.79. The monoisotopic (exact) mass is 282 g/mol. The maximum absolute atomic E-state index is 13.5. The molecule has 0 fully saturated rings. The molecule has 0 radical (unpaired) electrons. The molecule has 112 valence electrons. The van der Waals surface area contributed by atoms with Crippen LogP contribution in [0.5, 0.6) is 0 Å². The standard InChI is InChI=1S/C14H24BFN2O2/c1-4-5-18(7-6-17(2)3)11-12-8-13(15(19)20)10-14(16)9-12/h8-10,19-20H,4-7,11H2,1-3H3. The number of rotatable bonds is 8. The second kappa shape index (κ2) is 8.37. The molecule has 0 atom stereocenters. The molecule has 0 spiro atoms. The fourth-order valence-electron chi connectivity index (χ4n) is 2.10. The van der Waals surface area contributed by atoms with Crippen LogP contribution in [0.1, 0.15) is 18.9 Å². The Bertz CT molecular complexity index is 416. The van der Waals surface area contributed by atoms with Crippen LogP contribution in [0.2, 0.25) is 0 Å². The van der Waals surface area contributed by atoms with E-state index in [0.29, 0.717) is 6.54 Å². The van der Waals surface area contributed by atoms with Gasteiger partial charge in [0.1, 0.15) is 5.82 Å². The zero-order valence-corrected chi connectivity index (χ0v) is 12.5.